The van der Waals surface area contributed by atoms with Crippen LogP contribution in [0.1, 0.15) is 29.6 Å². The highest BCUT2D eigenvalue weighted by atomic mass is 16.5. The third-order valence-electron chi connectivity index (χ3n) is 3.29. The van der Waals surface area contributed by atoms with E-state index in [1.54, 1.807) is 6.92 Å². The molecule has 1 aromatic carbocycles. The monoisotopic (exact) mass is 300 g/mol. The summed E-state index contributed by atoms with van der Waals surface area (Å²) >= 11 is 0. The standard InChI is InChI=1S/C17H20N2O3/c1-11-5-7-15(9-12(11)2)21-10-17(20)19-18-14(4)16-8-6-13(3)22-16/h5-9H,10H2,1-4H3,(H,19,20)/b18-14+. The molecular formula is C17H20N2O3. The number of benzene rings is 1. The fraction of sp³-hybridized carbons (Fsp3) is 0.294. The Hall–Kier alpha value is -2.56. The van der Waals surface area contributed by atoms with Crippen molar-refractivity contribution in [3.05, 3.63) is 53.0 Å². The van der Waals surface area contributed by atoms with E-state index >= 15 is 0 Å². The molecule has 0 aliphatic rings. The molecule has 0 bridgehead atoms. The van der Waals surface area contributed by atoms with Crippen molar-refractivity contribution in [1.29, 1.82) is 0 Å². The molecule has 0 spiro atoms. The zero-order chi connectivity index (χ0) is 16.1. The topological polar surface area (TPSA) is 63.8 Å². The molecule has 0 aliphatic carbocycles. The lowest BCUT2D eigenvalue weighted by atomic mass is 10.1. The second kappa shape index (κ2) is 6.93. The molecular weight excluding hydrogens is 280 g/mol. The highest BCUT2D eigenvalue weighted by molar-refractivity contribution is 5.96. The van der Waals surface area contributed by atoms with Gasteiger partial charge in [0.25, 0.3) is 5.91 Å². The number of amides is 1. The predicted molar refractivity (Wildman–Crippen MR) is 85.2 cm³/mol. The lowest BCUT2D eigenvalue weighted by Crippen LogP contribution is -2.25. The van der Waals surface area contributed by atoms with Gasteiger partial charge in [-0.25, -0.2) is 5.43 Å². The van der Waals surface area contributed by atoms with Crippen LogP contribution >= 0.6 is 0 Å². The van der Waals surface area contributed by atoms with E-state index in [2.05, 4.69) is 10.5 Å². The van der Waals surface area contributed by atoms with Gasteiger partial charge in [0.05, 0.1) is 0 Å². The Kier molecular flexibility index (Phi) is 4.99. The number of ether oxygens (including phenoxy) is 1. The van der Waals surface area contributed by atoms with Crippen LogP contribution in [0.2, 0.25) is 0 Å². The number of rotatable bonds is 5. The minimum Gasteiger partial charge on any atom is -0.484 e. The summed E-state index contributed by atoms with van der Waals surface area (Å²) in [5.74, 6) is 1.78. The van der Waals surface area contributed by atoms with Gasteiger partial charge in [0.1, 0.15) is 23.0 Å². The van der Waals surface area contributed by atoms with Gasteiger partial charge >= 0.3 is 0 Å². The lowest BCUT2D eigenvalue weighted by Gasteiger charge is -2.07. The molecule has 0 radical (unpaired) electrons. The zero-order valence-electron chi connectivity index (χ0n) is 13.3. The van der Waals surface area contributed by atoms with E-state index in [1.165, 1.54) is 5.56 Å². The van der Waals surface area contributed by atoms with Gasteiger partial charge in [0.2, 0.25) is 0 Å². The molecule has 2 aromatic rings. The molecule has 1 aromatic heterocycles. The maximum Gasteiger partial charge on any atom is 0.277 e. The molecule has 0 fully saturated rings. The predicted octanol–water partition coefficient (Wildman–Crippen LogP) is 3.12. The minimum absolute atomic E-state index is 0.0868. The van der Waals surface area contributed by atoms with Gasteiger partial charge in [0.15, 0.2) is 6.61 Å². The van der Waals surface area contributed by atoms with Crippen LogP contribution in [0.5, 0.6) is 5.75 Å². The number of furan rings is 1. The Morgan fingerprint density at radius 2 is 1.95 bits per heavy atom. The fourth-order valence-electron chi connectivity index (χ4n) is 1.82. The molecule has 22 heavy (non-hydrogen) atoms. The van der Waals surface area contributed by atoms with Crippen LogP contribution in [0.15, 0.2) is 39.9 Å². The quantitative estimate of drug-likeness (QED) is 0.681. The summed E-state index contributed by atoms with van der Waals surface area (Å²) in [7, 11) is 0. The van der Waals surface area contributed by atoms with Crippen molar-refractivity contribution < 1.29 is 13.9 Å². The number of carbonyl (C=O) groups excluding carboxylic acids is 1. The molecule has 1 N–H and O–H groups in total. The van der Waals surface area contributed by atoms with Gasteiger partial charge in [-0.1, -0.05) is 6.07 Å². The van der Waals surface area contributed by atoms with Gasteiger partial charge in [-0.2, -0.15) is 5.10 Å². The van der Waals surface area contributed by atoms with Crippen molar-refractivity contribution in [3.8, 4) is 5.75 Å². The molecule has 1 heterocycles. The second-order valence-corrected chi connectivity index (χ2v) is 5.18. The van der Waals surface area contributed by atoms with Gasteiger partial charge in [0, 0.05) is 0 Å². The van der Waals surface area contributed by atoms with Crippen LogP contribution in [-0.2, 0) is 4.79 Å². The first-order valence-electron chi connectivity index (χ1n) is 7.05. The first-order valence-corrected chi connectivity index (χ1v) is 7.05. The van der Waals surface area contributed by atoms with Crippen molar-refractivity contribution >= 4 is 11.6 Å². The Labute approximate surface area is 130 Å². The van der Waals surface area contributed by atoms with Crippen molar-refractivity contribution in [2.24, 2.45) is 5.10 Å². The molecule has 5 heteroatoms. The summed E-state index contributed by atoms with van der Waals surface area (Å²) in [5, 5.41) is 3.99. The van der Waals surface area contributed by atoms with Crippen molar-refractivity contribution in [3.63, 3.8) is 0 Å². The Balaban J connectivity index is 1.86. The highest BCUT2D eigenvalue weighted by Crippen LogP contribution is 2.16. The largest absolute Gasteiger partial charge is 0.484 e. The fourth-order valence-corrected chi connectivity index (χ4v) is 1.82. The minimum atomic E-state index is -0.319. The van der Waals surface area contributed by atoms with E-state index in [0.29, 0.717) is 17.2 Å². The molecule has 5 nitrogen and oxygen atoms in total. The average molecular weight is 300 g/mol. The van der Waals surface area contributed by atoms with Crippen LogP contribution in [0, 0.1) is 20.8 Å². The molecule has 0 atom stereocenters. The van der Waals surface area contributed by atoms with Gasteiger partial charge in [-0.3, -0.25) is 4.79 Å². The summed E-state index contributed by atoms with van der Waals surface area (Å²) in [4.78, 5) is 11.7. The Bertz CT molecular complexity index is 702. The maximum absolute atomic E-state index is 11.7. The number of aryl methyl sites for hydroxylation is 3. The van der Waals surface area contributed by atoms with Crippen LogP contribution in [0.3, 0.4) is 0 Å². The maximum atomic E-state index is 11.7. The number of nitrogens with zero attached hydrogens (tertiary/aromatic N) is 1. The average Bonchev–Trinajstić information content (AvgIpc) is 2.92. The first-order chi connectivity index (χ1) is 10.5. The second-order valence-electron chi connectivity index (χ2n) is 5.18. The third kappa shape index (κ3) is 4.22. The van der Waals surface area contributed by atoms with Crippen LogP contribution < -0.4 is 10.2 Å². The molecule has 0 unspecified atom stereocenters. The lowest BCUT2D eigenvalue weighted by molar-refractivity contribution is -0.123. The third-order valence-corrected chi connectivity index (χ3v) is 3.29. The van der Waals surface area contributed by atoms with E-state index in [-0.39, 0.29) is 12.5 Å². The summed E-state index contributed by atoms with van der Waals surface area (Å²) in [6.07, 6.45) is 0. The van der Waals surface area contributed by atoms with Crippen LogP contribution in [0.25, 0.3) is 0 Å². The molecule has 116 valence electrons. The van der Waals surface area contributed by atoms with E-state index in [4.69, 9.17) is 9.15 Å². The molecule has 1 amide bonds. The molecule has 0 saturated carbocycles. The van der Waals surface area contributed by atoms with Crippen LogP contribution in [-0.4, -0.2) is 18.2 Å². The SMILES string of the molecule is C/C(=N\NC(=O)COc1ccc(C)c(C)c1)c1ccc(C)o1. The van der Waals surface area contributed by atoms with Crippen molar-refractivity contribution in [2.75, 3.05) is 6.61 Å². The van der Waals surface area contributed by atoms with Crippen molar-refractivity contribution in [1.82, 2.24) is 5.43 Å². The van der Waals surface area contributed by atoms with E-state index < -0.39 is 0 Å². The van der Waals surface area contributed by atoms with Gasteiger partial charge in [-0.05, 0) is 63.1 Å². The Morgan fingerprint density at radius 1 is 1.18 bits per heavy atom. The highest BCUT2D eigenvalue weighted by Gasteiger charge is 2.05. The van der Waals surface area contributed by atoms with E-state index in [9.17, 15) is 4.79 Å². The Morgan fingerprint density at radius 3 is 2.59 bits per heavy atom. The first kappa shape index (κ1) is 15.8. The summed E-state index contributed by atoms with van der Waals surface area (Å²) in [6.45, 7) is 7.56. The number of hydrogen-bond donors (Lipinski definition) is 1. The van der Waals surface area contributed by atoms with Gasteiger partial charge < -0.3 is 9.15 Å². The number of nitrogens with one attached hydrogen (secondary N) is 1. The molecule has 2 rings (SSSR count). The summed E-state index contributed by atoms with van der Waals surface area (Å²) in [5.41, 5.74) is 5.37. The number of hydrogen-bond acceptors (Lipinski definition) is 4. The van der Waals surface area contributed by atoms with E-state index in [0.717, 1.165) is 11.3 Å². The molecule has 0 aliphatic heterocycles. The number of hydrazone groups is 1. The molecule has 0 saturated heterocycles. The summed E-state index contributed by atoms with van der Waals surface area (Å²) in [6, 6.07) is 9.37. The normalized spacial score (nSPS) is 11.4. The summed E-state index contributed by atoms with van der Waals surface area (Å²) < 4.78 is 10.9. The number of carbonyl (C=O) groups is 1. The van der Waals surface area contributed by atoms with Crippen LogP contribution in [0.4, 0.5) is 0 Å². The van der Waals surface area contributed by atoms with Crippen molar-refractivity contribution in [2.45, 2.75) is 27.7 Å². The van der Waals surface area contributed by atoms with Gasteiger partial charge in [-0.15, -0.1) is 0 Å². The smallest absolute Gasteiger partial charge is 0.277 e. The van der Waals surface area contributed by atoms with E-state index in [1.807, 2.05) is 51.1 Å². The zero-order valence-corrected chi connectivity index (χ0v) is 13.3.